The van der Waals surface area contributed by atoms with Gasteiger partial charge in [0.15, 0.2) is 0 Å². The summed E-state index contributed by atoms with van der Waals surface area (Å²) >= 11 is 0. The number of allylic oxidation sites excluding steroid dienone is 4. The minimum absolute atomic E-state index is 0.490. The quantitative estimate of drug-likeness (QED) is 0.665. The molecule has 1 saturated carbocycles. The van der Waals surface area contributed by atoms with Crippen LogP contribution in [0.1, 0.15) is 24.2 Å². The Morgan fingerprint density at radius 2 is 2.29 bits per heavy atom. The van der Waals surface area contributed by atoms with Crippen molar-refractivity contribution < 1.29 is 0 Å². The summed E-state index contributed by atoms with van der Waals surface area (Å²) in [5.74, 6) is 2.52. The van der Waals surface area contributed by atoms with Gasteiger partial charge in [-0.3, -0.25) is 0 Å². The fraction of sp³-hybridized carbons (Fsp3) is 0.333. The number of fused-ring (bicyclic) bond motifs is 3. The van der Waals surface area contributed by atoms with Gasteiger partial charge in [0.05, 0.1) is 16.6 Å². The molecule has 3 heteroatoms. The highest BCUT2D eigenvalue weighted by Crippen LogP contribution is 2.44. The largest absolute Gasteiger partial charge is 0.337 e. The van der Waals surface area contributed by atoms with Crippen LogP contribution in [0.5, 0.6) is 0 Å². The Kier molecular flexibility index (Phi) is 2.71. The minimum atomic E-state index is 0.490. The Morgan fingerprint density at radius 1 is 1.38 bits per heavy atom. The van der Waals surface area contributed by atoms with Gasteiger partial charge in [-0.15, -0.1) is 0 Å². The second kappa shape index (κ2) is 4.60. The van der Waals surface area contributed by atoms with Crippen molar-refractivity contribution in [3.63, 3.8) is 0 Å². The molecule has 2 aliphatic rings. The van der Waals surface area contributed by atoms with E-state index in [0.717, 1.165) is 17.0 Å². The summed E-state index contributed by atoms with van der Waals surface area (Å²) in [6, 6.07) is 8.44. The van der Waals surface area contributed by atoms with Crippen LogP contribution in [0.3, 0.4) is 0 Å². The van der Waals surface area contributed by atoms with Crippen LogP contribution in [0.25, 0.3) is 16.6 Å². The van der Waals surface area contributed by atoms with Crippen LogP contribution in [-0.2, 0) is 0 Å². The van der Waals surface area contributed by atoms with Crippen molar-refractivity contribution in [3.8, 4) is 6.07 Å². The molecular weight excluding hydrogens is 258 g/mol. The van der Waals surface area contributed by atoms with Gasteiger partial charge in [0.25, 0.3) is 0 Å². The first-order chi connectivity index (χ1) is 10.2. The molecule has 0 amide bonds. The molecule has 1 N–H and O–H groups in total. The molecule has 3 nitrogen and oxygen atoms in total. The van der Waals surface area contributed by atoms with E-state index in [2.05, 4.69) is 47.3 Å². The lowest BCUT2D eigenvalue weighted by molar-refractivity contribution is 0.551. The van der Waals surface area contributed by atoms with Gasteiger partial charge in [-0.25, -0.2) is 4.98 Å². The normalized spacial score (nSPS) is 27.4. The number of aromatic amines is 1. The Balaban J connectivity index is 1.71. The van der Waals surface area contributed by atoms with Crippen LogP contribution in [0.4, 0.5) is 0 Å². The van der Waals surface area contributed by atoms with Crippen LogP contribution in [0, 0.1) is 36.0 Å². The van der Waals surface area contributed by atoms with E-state index in [1.54, 1.807) is 0 Å². The number of benzene rings is 1. The van der Waals surface area contributed by atoms with Crippen LogP contribution in [0.2, 0.25) is 0 Å². The van der Waals surface area contributed by atoms with Crippen molar-refractivity contribution in [1.29, 1.82) is 5.26 Å². The average molecular weight is 275 g/mol. The third-order valence-electron chi connectivity index (χ3n) is 4.72. The second-order valence-corrected chi connectivity index (χ2v) is 6.24. The van der Waals surface area contributed by atoms with Gasteiger partial charge in [-0.05, 0) is 55.2 Å². The monoisotopic (exact) mass is 275 g/mol. The molecular formula is C18H17N3. The first kappa shape index (κ1) is 12.4. The molecule has 1 aromatic carbocycles. The number of aromatic nitrogens is 2. The Bertz CT molecular complexity index is 803. The molecule has 0 radical (unpaired) electrons. The van der Waals surface area contributed by atoms with Gasteiger partial charge < -0.3 is 4.98 Å². The first-order valence-electron chi connectivity index (χ1n) is 7.50. The van der Waals surface area contributed by atoms with E-state index >= 15 is 0 Å². The lowest BCUT2D eigenvalue weighted by atomic mass is 9.91. The summed E-state index contributed by atoms with van der Waals surface area (Å²) in [6.07, 6.45) is 9.18. The van der Waals surface area contributed by atoms with Crippen molar-refractivity contribution in [2.45, 2.75) is 19.8 Å². The topological polar surface area (TPSA) is 52.5 Å². The molecule has 1 aromatic heterocycles. The van der Waals surface area contributed by atoms with Crippen LogP contribution < -0.4 is 0 Å². The summed E-state index contributed by atoms with van der Waals surface area (Å²) in [5, 5.41) is 9.49. The highest BCUT2D eigenvalue weighted by atomic mass is 14.9. The maximum absolute atomic E-state index is 9.49. The molecule has 104 valence electrons. The fourth-order valence-electron chi connectivity index (χ4n) is 3.65. The van der Waals surface area contributed by atoms with Crippen LogP contribution in [0.15, 0.2) is 36.4 Å². The Morgan fingerprint density at radius 3 is 3.00 bits per heavy atom. The predicted molar refractivity (Wildman–Crippen MR) is 83.3 cm³/mol. The van der Waals surface area contributed by atoms with E-state index in [1.807, 2.05) is 12.1 Å². The molecule has 3 atom stereocenters. The highest BCUT2D eigenvalue weighted by Gasteiger charge is 2.34. The minimum Gasteiger partial charge on any atom is -0.337 e. The van der Waals surface area contributed by atoms with Gasteiger partial charge >= 0.3 is 0 Å². The van der Waals surface area contributed by atoms with E-state index in [4.69, 9.17) is 0 Å². The summed E-state index contributed by atoms with van der Waals surface area (Å²) in [4.78, 5) is 7.85. The number of rotatable bonds is 2. The number of nitriles is 1. The lowest BCUT2D eigenvalue weighted by Gasteiger charge is -2.13. The molecule has 4 rings (SSSR count). The first-order valence-corrected chi connectivity index (χ1v) is 7.50. The molecule has 1 fully saturated rings. The zero-order chi connectivity index (χ0) is 14.4. The molecule has 2 bridgehead atoms. The van der Waals surface area contributed by atoms with Crippen molar-refractivity contribution >= 4 is 16.6 Å². The average Bonchev–Trinajstić information content (AvgIpc) is 3.18. The third kappa shape index (κ3) is 2.08. The molecule has 21 heavy (non-hydrogen) atoms. The number of hydrogen-bond donors (Lipinski definition) is 1. The smallest absolute Gasteiger partial charge is 0.148 e. The van der Waals surface area contributed by atoms with Crippen LogP contribution >= 0.6 is 0 Å². The number of nitrogens with one attached hydrogen (secondary N) is 1. The van der Waals surface area contributed by atoms with E-state index in [0.29, 0.717) is 23.2 Å². The summed E-state index contributed by atoms with van der Waals surface area (Å²) in [6.45, 7) is 2.06. The zero-order valence-electron chi connectivity index (χ0n) is 12.0. The number of imidazole rings is 1. The van der Waals surface area contributed by atoms with Crippen molar-refractivity contribution in [1.82, 2.24) is 9.97 Å². The molecule has 0 saturated heterocycles. The highest BCUT2D eigenvalue weighted by molar-refractivity contribution is 5.82. The van der Waals surface area contributed by atoms with Crippen molar-refractivity contribution in [2.24, 2.45) is 17.8 Å². The molecule has 0 spiro atoms. The number of hydrogen-bond acceptors (Lipinski definition) is 2. The standard InChI is InChI=1S/C18H17N3/c1-11-2-5-16-17(6-11)21-18(20-16)15(10-19)9-14-8-12-3-4-13(14)7-12/h2-6,9,12-14H,7-8H2,1H3,(H,20,21)/b15-9-/t12-,13-,14-/m1/s1. The SMILES string of the molecule is Cc1ccc2nc(/C(C#N)=C\[C@H]3C[C@@H]4C=C[C@@H]3C4)[nH]c2c1. The number of aryl methyl sites for hydroxylation is 1. The summed E-state index contributed by atoms with van der Waals surface area (Å²) in [5.41, 5.74) is 3.79. The maximum atomic E-state index is 9.49. The number of H-pyrrole nitrogens is 1. The molecule has 0 aliphatic heterocycles. The van der Waals surface area contributed by atoms with E-state index in [1.165, 1.54) is 18.4 Å². The Hall–Kier alpha value is -2.34. The van der Waals surface area contributed by atoms with Gasteiger partial charge in [0.1, 0.15) is 11.9 Å². The number of nitrogens with zero attached hydrogens (tertiary/aromatic N) is 2. The molecule has 2 aliphatic carbocycles. The molecule has 1 heterocycles. The lowest BCUT2D eigenvalue weighted by Crippen LogP contribution is -2.04. The molecule has 0 unspecified atom stereocenters. The van der Waals surface area contributed by atoms with Gasteiger partial charge in [-0.2, -0.15) is 5.26 Å². The van der Waals surface area contributed by atoms with Gasteiger partial charge in [-0.1, -0.05) is 24.3 Å². The van der Waals surface area contributed by atoms with Crippen molar-refractivity contribution in [3.05, 3.63) is 47.8 Å². The molecule has 2 aromatic rings. The van der Waals surface area contributed by atoms with E-state index in [9.17, 15) is 5.26 Å². The van der Waals surface area contributed by atoms with E-state index in [-0.39, 0.29) is 0 Å². The summed E-state index contributed by atoms with van der Waals surface area (Å²) < 4.78 is 0. The predicted octanol–water partition coefficient (Wildman–Crippen LogP) is 3.99. The van der Waals surface area contributed by atoms with Crippen LogP contribution in [-0.4, -0.2) is 9.97 Å². The second-order valence-electron chi connectivity index (χ2n) is 6.24. The third-order valence-corrected chi connectivity index (χ3v) is 4.72. The summed E-state index contributed by atoms with van der Waals surface area (Å²) in [7, 11) is 0. The zero-order valence-corrected chi connectivity index (χ0v) is 12.0. The van der Waals surface area contributed by atoms with Crippen molar-refractivity contribution in [2.75, 3.05) is 0 Å². The van der Waals surface area contributed by atoms with Gasteiger partial charge in [0.2, 0.25) is 0 Å². The maximum Gasteiger partial charge on any atom is 0.148 e. The fourth-order valence-corrected chi connectivity index (χ4v) is 3.65. The van der Waals surface area contributed by atoms with E-state index < -0.39 is 0 Å². The van der Waals surface area contributed by atoms with Gasteiger partial charge in [0, 0.05) is 0 Å². The Labute approximate surface area is 124 Å².